The summed E-state index contributed by atoms with van der Waals surface area (Å²) >= 11 is 0. The quantitative estimate of drug-likeness (QED) is 0.732. The maximum Gasteiger partial charge on any atom is 0.327 e. The number of aliphatic hydroxyl groups is 1. The number of piperidine rings is 1. The Bertz CT molecular complexity index is 658. The van der Waals surface area contributed by atoms with Crippen molar-refractivity contribution in [3.05, 3.63) is 30.1 Å². The number of amides is 3. The van der Waals surface area contributed by atoms with Crippen molar-refractivity contribution < 1.29 is 14.7 Å². The number of aliphatic hydroxyl groups excluding tert-OH is 1. The Kier molecular flexibility index (Phi) is 6.11. The molecule has 2 saturated heterocycles. The molecule has 7 heteroatoms. The lowest BCUT2D eigenvalue weighted by Gasteiger charge is -2.43. The summed E-state index contributed by atoms with van der Waals surface area (Å²) in [6, 6.07) is 3.84. The normalized spacial score (nSPS) is 21.3. The number of hydrogen-bond donors (Lipinski definition) is 1. The summed E-state index contributed by atoms with van der Waals surface area (Å²) in [4.78, 5) is 35.7. The van der Waals surface area contributed by atoms with Gasteiger partial charge in [-0.1, -0.05) is 6.07 Å². The van der Waals surface area contributed by atoms with Gasteiger partial charge in [0.15, 0.2) is 0 Å². The lowest BCUT2D eigenvalue weighted by Crippen LogP contribution is -2.58. The number of carbonyl (C=O) groups excluding carboxylic acids is 2. The van der Waals surface area contributed by atoms with E-state index in [0.717, 1.165) is 31.5 Å². The average Bonchev–Trinajstić information content (AvgIpc) is 2.89. The van der Waals surface area contributed by atoms with Gasteiger partial charge in [0.1, 0.15) is 5.54 Å². The Labute approximate surface area is 161 Å². The van der Waals surface area contributed by atoms with E-state index in [2.05, 4.69) is 9.88 Å². The fourth-order valence-corrected chi connectivity index (χ4v) is 4.34. The zero-order valence-electron chi connectivity index (χ0n) is 16.3. The van der Waals surface area contributed by atoms with Gasteiger partial charge in [0.25, 0.3) is 5.91 Å². The molecule has 148 valence electrons. The summed E-state index contributed by atoms with van der Waals surface area (Å²) in [6.45, 7) is 6.47. The number of imide groups is 1. The van der Waals surface area contributed by atoms with Crippen LogP contribution in [0.4, 0.5) is 4.79 Å². The van der Waals surface area contributed by atoms with Gasteiger partial charge in [-0.25, -0.2) is 4.79 Å². The number of rotatable bonds is 7. The molecule has 0 unspecified atom stereocenters. The van der Waals surface area contributed by atoms with Crippen LogP contribution in [0.15, 0.2) is 24.5 Å². The second-order valence-corrected chi connectivity index (χ2v) is 7.55. The van der Waals surface area contributed by atoms with Crippen molar-refractivity contribution in [2.45, 2.75) is 51.1 Å². The maximum absolute atomic E-state index is 13.2. The molecule has 0 aliphatic carbocycles. The summed E-state index contributed by atoms with van der Waals surface area (Å²) in [5.74, 6) is -0.0446. The van der Waals surface area contributed by atoms with Gasteiger partial charge >= 0.3 is 6.03 Å². The van der Waals surface area contributed by atoms with Gasteiger partial charge in [-0.15, -0.1) is 0 Å². The number of pyridine rings is 1. The zero-order chi connectivity index (χ0) is 19.4. The zero-order valence-corrected chi connectivity index (χ0v) is 16.3. The van der Waals surface area contributed by atoms with Crippen LogP contribution in [0.25, 0.3) is 0 Å². The third-order valence-electron chi connectivity index (χ3n) is 6.02. The summed E-state index contributed by atoms with van der Waals surface area (Å²) in [6.07, 6.45) is 6.37. The Morgan fingerprint density at radius 2 is 2.04 bits per heavy atom. The lowest BCUT2D eigenvalue weighted by atomic mass is 9.85. The van der Waals surface area contributed by atoms with E-state index in [1.807, 2.05) is 32.2 Å². The molecule has 1 N–H and O–H groups in total. The fraction of sp³-hybridized carbons (Fsp3) is 0.650. The molecule has 2 aliphatic heterocycles. The standard InChI is InChI=1S/C20H30N4O3/c1-3-24-19(27)23(11-5-7-17-6-4-10-21-14-17)18(26)20(24)8-12-22(13-9-20)16(2)15-25/h4,6,10,14,16,25H,3,5,7-9,11-13,15H2,1-2H3/t16-/m1/s1. The van der Waals surface area contributed by atoms with Crippen molar-refractivity contribution in [3.63, 3.8) is 0 Å². The van der Waals surface area contributed by atoms with Gasteiger partial charge in [-0.05, 0) is 51.2 Å². The van der Waals surface area contributed by atoms with E-state index in [1.54, 1.807) is 11.1 Å². The predicted octanol–water partition coefficient (Wildman–Crippen LogP) is 1.51. The van der Waals surface area contributed by atoms with Gasteiger partial charge in [0, 0.05) is 44.6 Å². The first-order chi connectivity index (χ1) is 13.0. The SMILES string of the molecule is CCN1C(=O)N(CCCc2cccnc2)C(=O)C12CCN([C@H](C)CO)CC2. The largest absolute Gasteiger partial charge is 0.395 e. The van der Waals surface area contributed by atoms with Gasteiger partial charge in [0.05, 0.1) is 6.61 Å². The minimum absolute atomic E-state index is 0.0446. The van der Waals surface area contributed by atoms with Crippen LogP contribution in [-0.2, 0) is 11.2 Å². The van der Waals surface area contributed by atoms with Crippen LogP contribution < -0.4 is 0 Å². The minimum atomic E-state index is -0.703. The molecule has 0 saturated carbocycles. The van der Waals surface area contributed by atoms with Crippen molar-refractivity contribution in [3.8, 4) is 0 Å². The predicted molar refractivity (Wildman–Crippen MR) is 102 cm³/mol. The van der Waals surface area contributed by atoms with Crippen LogP contribution in [0, 0.1) is 0 Å². The molecule has 0 aromatic carbocycles. The molecule has 7 nitrogen and oxygen atoms in total. The molecule has 0 bridgehead atoms. The molecule has 27 heavy (non-hydrogen) atoms. The molecule has 1 atom stereocenters. The Morgan fingerprint density at radius 3 is 2.63 bits per heavy atom. The lowest BCUT2D eigenvalue weighted by molar-refractivity contribution is -0.136. The number of aromatic nitrogens is 1. The van der Waals surface area contributed by atoms with E-state index < -0.39 is 5.54 Å². The Balaban J connectivity index is 1.66. The number of aryl methyl sites for hydroxylation is 1. The molecule has 1 aromatic rings. The average molecular weight is 374 g/mol. The number of hydrogen-bond acceptors (Lipinski definition) is 5. The summed E-state index contributed by atoms with van der Waals surface area (Å²) < 4.78 is 0. The monoisotopic (exact) mass is 374 g/mol. The van der Waals surface area contributed by atoms with E-state index in [-0.39, 0.29) is 24.6 Å². The Morgan fingerprint density at radius 1 is 1.30 bits per heavy atom. The van der Waals surface area contributed by atoms with E-state index in [9.17, 15) is 14.7 Å². The number of likely N-dealkylation sites (N-methyl/N-ethyl adjacent to an activating group) is 1. The first kappa shape index (κ1) is 19.8. The Hall–Kier alpha value is -1.99. The van der Waals surface area contributed by atoms with Gasteiger partial charge in [-0.2, -0.15) is 0 Å². The summed E-state index contributed by atoms with van der Waals surface area (Å²) in [5.41, 5.74) is 0.413. The van der Waals surface area contributed by atoms with Crippen molar-refractivity contribution in [1.82, 2.24) is 19.7 Å². The topological polar surface area (TPSA) is 77.0 Å². The second-order valence-electron chi connectivity index (χ2n) is 7.55. The highest BCUT2D eigenvalue weighted by molar-refractivity contribution is 6.07. The summed E-state index contributed by atoms with van der Waals surface area (Å²) in [5, 5.41) is 9.38. The molecule has 3 rings (SSSR count). The first-order valence-corrected chi connectivity index (χ1v) is 9.91. The fourth-order valence-electron chi connectivity index (χ4n) is 4.34. The maximum atomic E-state index is 13.2. The number of nitrogens with zero attached hydrogens (tertiary/aromatic N) is 4. The van der Waals surface area contributed by atoms with E-state index >= 15 is 0 Å². The molecule has 0 radical (unpaired) electrons. The minimum Gasteiger partial charge on any atom is -0.395 e. The van der Waals surface area contributed by atoms with E-state index in [1.165, 1.54) is 4.90 Å². The molecule has 3 heterocycles. The van der Waals surface area contributed by atoms with Crippen LogP contribution >= 0.6 is 0 Å². The molecule has 1 spiro atoms. The first-order valence-electron chi connectivity index (χ1n) is 9.91. The van der Waals surface area contributed by atoms with Crippen molar-refractivity contribution in [2.75, 3.05) is 32.8 Å². The van der Waals surface area contributed by atoms with Crippen LogP contribution in [0.5, 0.6) is 0 Å². The summed E-state index contributed by atoms with van der Waals surface area (Å²) in [7, 11) is 0. The third kappa shape index (κ3) is 3.71. The molecule has 2 fully saturated rings. The molecule has 1 aromatic heterocycles. The van der Waals surface area contributed by atoms with Gasteiger partial charge in [0.2, 0.25) is 0 Å². The second kappa shape index (κ2) is 8.35. The molecular formula is C20H30N4O3. The molecular weight excluding hydrogens is 344 g/mol. The number of urea groups is 1. The molecule has 2 aliphatic rings. The van der Waals surface area contributed by atoms with Crippen molar-refractivity contribution >= 4 is 11.9 Å². The number of likely N-dealkylation sites (tertiary alicyclic amines) is 1. The van der Waals surface area contributed by atoms with Crippen molar-refractivity contribution in [1.29, 1.82) is 0 Å². The number of carbonyl (C=O) groups is 2. The van der Waals surface area contributed by atoms with E-state index in [0.29, 0.717) is 25.9 Å². The van der Waals surface area contributed by atoms with E-state index in [4.69, 9.17) is 0 Å². The van der Waals surface area contributed by atoms with Crippen LogP contribution in [0.2, 0.25) is 0 Å². The van der Waals surface area contributed by atoms with Gasteiger partial charge < -0.3 is 10.0 Å². The highest BCUT2D eigenvalue weighted by Crippen LogP contribution is 2.37. The van der Waals surface area contributed by atoms with Crippen molar-refractivity contribution in [2.24, 2.45) is 0 Å². The molecule has 3 amide bonds. The van der Waals surface area contributed by atoms with Crippen LogP contribution in [0.3, 0.4) is 0 Å². The highest BCUT2D eigenvalue weighted by Gasteiger charge is 2.57. The highest BCUT2D eigenvalue weighted by atomic mass is 16.3. The smallest absolute Gasteiger partial charge is 0.327 e. The van der Waals surface area contributed by atoms with Crippen LogP contribution in [-0.4, -0.2) is 81.1 Å². The third-order valence-corrected chi connectivity index (χ3v) is 6.02. The van der Waals surface area contributed by atoms with Gasteiger partial charge in [-0.3, -0.25) is 19.6 Å². The van der Waals surface area contributed by atoms with Crippen LogP contribution in [0.1, 0.15) is 38.7 Å².